The summed E-state index contributed by atoms with van der Waals surface area (Å²) in [6.07, 6.45) is 0.866. The zero-order chi connectivity index (χ0) is 13.7. The van der Waals surface area contributed by atoms with Gasteiger partial charge in [0.1, 0.15) is 6.54 Å². The third kappa shape index (κ3) is 3.23. The van der Waals surface area contributed by atoms with Gasteiger partial charge in [0.15, 0.2) is 0 Å². The highest BCUT2D eigenvalue weighted by Crippen LogP contribution is 2.08. The lowest BCUT2D eigenvalue weighted by Crippen LogP contribution is -2.32. The predicted molar refractivity (Wildman–Crippen MR) is 74.1 cm³/mol. The average Bonchev–Trinajstić information content (AvgIpc) is 2.72. The van der Waals surface area contributed by atoms with E-state index in [4.69, 9.17) is 0 Å². The molecule has 3 N–H and O–H groups in total. The molecule has 0 aliphatic heterocycles. The molecule has 6 nitrogen and oxygen atoms in total. The van der Waals surface area contributed by atoms with Crippen LogP contribution in [0.15, 0.2) is 29.1 Å². The van der Waals surface area contributed by atoms with E-state index in [9.17, 15) is 9.59 Å². The molecular weight excluding hydrogens is 244 g/mol. The van der Waals surface area contributed by atoms with Crippen LogP contribution >= 0.6 is 0 Å². The molecule has 0 spiro atoms. The largest absolute Gasteiger partial charge is 0.354 e. The predicted octanol–water partition coefficient (Wildman–Crippen LogP) is 0.0553. The number of hydrogen-bond acceptors (Lipinski definition) is 3. The summed E-state index contributed by atoms with van der Waals surface area (Å²) >= 11 is 0. The second kappa shape index (κ2) is 6.19. The van der Waals surface area contributed by atoms with Gasteiger partial charge in [-0.15, -0.1) is 0 Å². The van der Waals surface area contributed by atoms with E-state index in [0.29, 0.717) is 6.54 Å². The summed E-state index contributed by atoms with van der Waals surface area (Å²) in [5, 5.41) is 5.80. The van der Waals surface area contributed by atoms with Crippen molar-refractivity contribution >= 4 is 16.9 Å². The van der Waals surface area contributed by atoms with Crippen molar-refractivity contribution in [2.75, 3.05) is 20.1 Å². The molecule has 0 saturated carbocycles. The number of amides is 1. The molecule has 19 heavy (non-hydrogen) atoms. The maximum Gasteiger partial charge on any atom is 0.326 e. The topological polar surface area (TPSA) is 78.9 Å². The number of aromatic nitrogens is 2. The fraction of sp³-hybridized carbons (Fsp3) is 0.385. The van der Waals surface area contributed by atoms with Gasteiger partial charge in [-0.25, -0.2) is 4.79 Å². The maximum absolute atomic E-state index is 11.8. The number of hydrogen-bond donors (Lipinski definition) is 3. The first-order valence-electron chi connectivity index (χ1n) is 6.31. The minimum absolute atomic E-state index is 0.0440. The monoisotopic (exact) mass is 262 g/mol. The molecule has 0 bridgehead atoms. The van der Waals surface area contributed by atoms with Gasteiger partial charge in [-0.05, 0) is 32.1 Å². The Kier molecular flexibility index (Phi) is 4.35. The summed E-state index contributed by atoms with van der Waals surface area (Å²) in [7, 11) is 1.87. The van der Waals surface area contributed by atoms with E-state index in [-0.39, 0.29) is 18.1 Å². The van der Waals surface area contributed by atoms with Crippen molar-refractivity contribution in [3.8, 4) is 0 Å². The molecule has 0 fully saturated rings. The van der Waals surface area contributed by atoms with Crippen LogP contribution in [0.3, 0.4) is 0 Å². The van der Waals surface area contributed by atoms with Crippen molar-refractivity contribution in [1.82, 2.24) is 20.2 Å². The molecule has 2 rings (SSSR count). The molecule has 1 heterocycles. The molecule has 0 atom stereocenters. The third-order valence-corrected chi connectivity index (χ3v) is 2.91. The van der Waals surface area contributed by atoms with Gasteiger partial charge < -0.3 is 15.6 Å². The van der Waals surface area contributed by atoms with Gasteiger partial charge in [-0.2, -0.15) is 0 Å². The van der Waals surface area contributed by atoms with Crippen molar-refractivity contribution in [1.29, 1.82) is 0 Å². The second-order valence-electron chi connectivity index (χ2n) is 4.34. The number of nitrogens with one attached hydrogen (secondary N) is 3. The molecule has 1 amide bonds. The van der Waals surface area contributed by atoms with Crippen LogP contribution in [-0.4, -0.2) is 35.6 Å². The molecule has 0 unspecified atom stereocenters. The number of para-hydroxylation sites is 2. The van der Waals surface area contributed by atoms with Crippen LogP contribution in [0.4, 0.5) is 0 Å². The van der Waals surface area contributed by atoms with Gasteiger partial charge in [-0.1, -0.05) is 12.1 Å². The second-order valence-corrected chi connectivity index (χ2v) is 4.34. The number of fused-ring (bicyclic) bond motifs is 1. The molecule has 1 aromatic heterocycles. The smallest absolute Gasteiger partial charge is 0.326 e. The van der Waals surface area contributed by atoms with E-state index in [2.05, 4.69) is 15.6 Å². The van der Waals surface area contributed by atoms with Crippen LogP contribution in [0.5, 0.6) is 0 Å². The summed E-state index contributed by atoms with van der Waals surface area (Å²) in [5.41, 5.74) is 1.24. The van der Waals surface area contributed by atoms with Crippen LogP contribution in [0, 0.1) is 0 Å². The number of nitrogens with zero attached hydrogens (tertiary/aromatic N) is 1. The Bertz CT molecular complexity index is 614. The fourth-order valence-electron chi connectivity index (χ4n) is 1.96. The zero-order valence-electron chi connectivity index (χ0n) is 10.9. The number of carbonyl (C=O) groups excluding carboxylic acids is 1. The van der Waals surface area contributed by atoms with E-state index in [1.165, 1.54) is 4.57 Å². The first-order chi connectivity index (χ1) is 9.22. The molecule has 0 aliphatic rings. The summed E-state index contributed by atoms with van der Waals surface area (Å²) < 4.78 is 1.45. The normalized spacial score (nSPS) is 10.8. The van der Waals surface area contributed by atoms with Crippen molar-refractivity contribution < 1.29 is 4.79 Å². The van der Waals surface area contributed by atoms with Crippen molar-refractivity contribution in [3.05, 3.63) is 34.7 Å². The number of imidazole rings is 1. The van der Waals surface area contributed by atoms with Gasteiger partial charge in [0, 0.05) is 6.54 Å². The van der Waals surface area contributed by atoms with E-state index in [1.54, 1.807) is 0 Å². The minimum Gasteiger partial charge on any atom is -0.354 e. The first-order valence-corrected chi connectivity index (χ1v) is 6.31. The van der Waals surface area contributed by atoms with Gasteiger partial charge in [0.2, 0.25) is 5.91 Å². The number of H-pyrrole nitrogens is 1. The van der Waals surface area contributed by atoms with Gasteiger partial charge in [-0.3, -0.25) is 9.36 Å². The van der Waals surface area contributed by atoms with Crippen LogP contribution < -0.4 is 16.3 Å². The summed E-state index contributed by atoms with van der Waals surface area (Å²) in [5.74, 6) is -0.150. The Morgan fingerprint density at radius 1 is 1.32 bits per heavy atom. The number of carbonyl (C=O) groups is 1. The first kappa shape index (κ1) is 13.4. The van der Waals surface area contributed by atoms with E-state index in [0.717, 1.165) is 24.0 Å². The maximum atomic E-state index is 11.8. The fourth-order valence-corrected chi connectivity index (χ4v) is 1.96. The van der Waals surface area contributed by atoms with E-state index >= 15 is 0 Å². The Morgan fingerprint density at radius 3 is 2.89 bits per heavy atom. The molecule has 0 saturated heterocycles. The average molecular weight is 262 g/mol. The van der Waals surface area contributed by atoms with E-state index < -0.39 is 0 Å². The van der Waals surface area contributed by atoms with Crippen molar-refractivity contribution in [3.63, 3.8) is 0 Å². The SMILES string of the molecule is CNCCCNC(=O)Cn1c(=O)[nH]c2ccccc21. The van der Waals surface area contributed by atoms with Gasteiger partial charge >= 0.3 is 5.69 Å². The molecule has 102 valence electrons. The van der Waals surface area contributed by atoms with Crippen LogP contribution in [0.1, 0.15) is 6.42 Å². The molecule has 2 aromatic rings. The van der Waals surface area contributed by atoms with E-state index in [1.807, 2.05) is 31.3 Å². The molecule has 6 heteroatoms. The van der Waals surface area contributed by atoms with Crippen molar-refractivity contribution in [2.45, 2.75) is 13.0 Å². The summed E-state index contributed by atoms with van der Waals surface area (Å²) in [6, 6.07) is 7.33. The van der Waals surface area contributed by atoms with Gasteiger partial charge in [0.25, 0.3) is 0 Å². The zero-order valence-corrected chi connectivity index (χ0v) is 10.9. The van der Waals surface area contributed by atoms with Crippen LogP contribution in [0.25, 0.3) is 11.0 Å². The Labute approximate surface area is 110 Å². The highest BCUT2D eigenvalue weighted by molar-refractivity contribution is 5.80. The minimum atomic E-state index is -0.258. The highest BCUT2D eigenvalue weighted by atomic mass is 16.2. The molecule has 0 aliphatic carbocycles. The Hall–Kier alpha value is -2.08. The van der Waals surface area contributed by atoms with Crippen LogP contribution in [-0.2, 0) is 11.3 Å². The lowest BCUT2D eigenvalue weighted by atomic mass is 10.3. The quantitative estimate of drug-likeness (QED) is 0.644. The van der Waals surface area contributed by atoms with Crippen molar-refractivity contribution in [2.24, 2.45) is 0 Å². The lowest BCUT2D eigenvalue weighted by molar-refractivity contribution is -0.121. The molecule has 1 aromatic carbocycles. The highest BCUT2D eigenvalue weighted by Gasteiger charge is 2.09. The lowest BCUT2D eigenvalue weighted by Gasteiger charge is -2.06. The number of aromatic amines is 1. The standard InChI is InChI=1S/C13H18N4O2/c1-14-7-4-8-15-12(18)9-17-11-6-3-2-5-10(11)16-13(17)19/h2-3,5-6,14H,4,7-9H2,1H3,(H,15,18)(H,16,19). The Balaban J connectivity index is 2.03. The molecule has 0 radical (unpaired) electrons. The number of benzene rings is 1. The van der Waals surface area contributed by atoms with Crippen LogP contribution in [0.2, 0.25) is 0 Å². The Morgan fingerprint density at radius 2 is 2.11 bits per heavy atom. The summed E-state index contributed by atoms with van der Waals surface area (Å²) in [4.78, 5) is 26.3. The van der Waals surface area contributed by atoms with Gasteiger partial charge in [0.05, 0.1) is 11.0 Å². The third-order valence-electron chi connectivity index (χ3n) is 2.91. The number of rotatable bonds is 6. The summed E-state index contributed by atoms with van der Waals surface area (Å²) in [6.45, 7) is 1.51. The molecular formula is C13H18N4O2.